The van der Waals surface area contributed by atoms with E-state index in [0.29, 0.717) is 0 Å². The van der Waals surface area contributed by atoms with E-state index in [9.17, 15) is 0 Å². The van der Waals surface area contributed by atoms with Gasteiger partial charge in [-0.3, -0.25) is 0 Å². The lowest BCUT2D eigenvalue weighted by Crippen LogP contribution is -2.51. The van der Waals surface area contributed by atoms with E-state index >= 15 is 0 Å². The minimum absolute atomic E-state index is 0.808. The predicted molar refractivity (Wildman–Crippen MR) is 149 cm³/mol. The number of rotatable bonds is 5. The number of thioether (sulfide) groups is 1. The van der Waals surface area contributed by atoms with Crippen LogP contribution >= 0.6 is 11.8 Å². The van der Waals surface area contributed by atoms with Crippen LogP contribution in [0, 0.1) is 0 Å². The average molecular weight is 473 g/mol. The Kier molecular flexibility index (Phi) is 7.02. The standard InChI is InChI=1S/C31H26N3S/c1-35-31(32-28-20-12-5-13-21-28)33-34-29(25-16-8-3-9-17-25)22-27(24-14-6-2-7-15-24)23-30(34)26-18-10-4-11-19-26/h2-23H,1H3,(H,32,33)/q+1. The summed E-state index contributed by atoms with van der Waals surface area (Å²) >= 11 is 1.59. The molecule has 0 unspecified atom stereocenters. The normalized spacial score (nSPS) is 11.3. The molecule has 0 bridgehead atoms. The maximum Gasteiger partial charge on any atom is 0.244 e. The van der Waals surface area contributed by atoms with Crippen LogP contribution in [0.25, 0.3) is 33.6 Å². The third-order valence-electron chi connectivity index (χ3n) is 5.70. The number of pyridine rings is 1. The molecule has 4 heteroatoms. The van der Waals surface area contributed by atoms with Crippen molar-refractivity contribution in [3.63, 3.8) is 0 Å². The van der Waals surface area contributed by atoms with Gasteiger partial charge in [-0.05, 0) is 53.8 Å². The smallest absolute Gasteiger partial charge is 0.221 e. The van der Waals surface area contributed by atoms with E-state index in [4.69, 9.17) is 4.99 Å². The van der Waals surface area contributed by atoms with Gasteiger partial charge in [-0.2, -0.15) is 0 Å². The molecule has 35 heavy (non-hydrogen) atoms. The summed E-state index contributed by atoms with van der Waals surface area (Å²) in [6, 6.07) is 46.0. The molecule has 1 heterocycles. The molecular weight excluding hydrogens is 446 g/mol. The molecule has 1 N–H and O–H groups in total. The van der Waals surface area contributed by atoms with Gasteiger partial charge in [0.25, 0.3) is 0 Å². The zero-order valence-electron chi connectivity index (χ0n) is 19.5. The second-order valence-electron chi connectivity index (χ2n) is 8.02. The molecule has 0 spiro atoms. The van der Waals surface area contributed by atoms with Crippen molar-refractivity contribution in [2.75, 3.05) is 11.7 Å². The second kappa shape index (κ2) is 10.9. The minimum Gasteiger partial charge on any atom is -0.221 e. The number of hydrogen-bond donors (Lipinski definition) is 1. The molecule has 0 saturated heterocycles. The zero-order chi connectivity index (χ0) is 23.9. The van der Waals surface area contributed by atoms with Gasteiger partial charge in [0.2, 0.25) is 16.6 Å². The van der Waals surface area contributed by atoms with Gasteiger partial charge in [0.05, 0.1) is 5.69 Å². The largest absolute Gasteiger partial charge is 0.244 e. The van der Waals surface area contributed by atoms with Crippen LogP contribution in [-0.2, 0) is 0 Å². The third kappa shape index (κ3) is 5.34. The van der Waals surface area contributed by atoms with Gasteiger partial charge in [-0.15, -0.1) is 5.43 Å². The van der Waals surface area contributed by atoms with Crippen LogP contribution in [-0.4, -0.2) is 11.4 Å². The number of nitrogens with zero attached hydrogens (tertiary/aromatic N) is 2. The van der Waals surface area contributed by atoms with E-state index in [1.165, 1.54) is 5.56 Å². The summed E-state index contributed by atoms with van der Waals surface area (Å²) in [7, 11) is 0. The van der Waals surface area contributed by atoms with Gasteiger partial charge in [-0.1, -0.05) is 101 Å². The first-order chi connectivity index (χ1) is 17.3. The van der Waals surface area contributed by atoms with E-state index in [1.807, 2.05) is 48.7 Å². The summed E-state index contributed by atoms with van der Waals surface area (Å²) in [6.07, 6.45) is 2.04. The zero-order valence-corrected chi connectivity index (χ0v) is 20.3. The van der Waals surface area contributed by atoms with Crippen molar-refractivity contribution in [1.29, 1.82) is 0 Å². The molecule has 170 valence electrons. The summed E-state index contributed by atoms with van der Waals surface area (Å²) in [5.41, 5.74) is 11.2. The molecule has 0 saturated carbocycles. The predicted octanol–water partition coefficient (Wildman–Crippen LogP) is 7.57. The number of para-hydroxylation sites is 1. The van der Waals surface area contributed by atoms with E-state index < -0.39 is 0 Å². The summed E-state index contributed by atoms with van der Waals surface area (Å²) in [6.45, 7) is 0. The lowest BCUT2D eigenvalue weighted by atomic mass is 10.00. The van der Waals surface area contributed by atoms with E-state index in [1.54, 1.807) is 11.8 Å². The Labute approximate surface area is 210 Å². The van der Waals surface area contributed by atoms with Crippen LogP contribution in [0.15, 0.2) is 138 Å². The highest BCUT2D eigenvalue weighted by Crippen LogP contribution is 2.29. The number of hydrogen-bond acceptors (Lipinski definition) is 2. The van der Waals surface area contributed by atoms with Gasteiger partial charge in [0.15, 0.2) is 0 Å². The van der Waals surface area contributed by atoms with Crippen molar-refractivity contribution in [2.24, 2.45) is 4.99 Å². The fraction of sp³-hybridized carbons (Fsp3) is 0.0323. The molecule has 0 aliphatic rings. The van der Waals surface area contributed by atoms with Crippen LogP contribution in [0.3, 0.4) is 0 Å². The minimum atomic E-state index is 0.808. The highest BCUT2D eigenvalue weighted by molar-refractivity contribution is 8.13. The number of benzene rings is 4. The third-order valence-corrected chi connectivity index (χ3v) is 6.27. The Hall–Kier alpha value is -4.15. The van der Waals surface area contributed by atoms with Gasteiger partial charge < -0.3 is 0 Å². The lowest BCUT2D eigenvalue weighted by Gasteiger charge is -2.13. The molecule has 0 atom stereocenters. The molecule has 0 fully saturated rings. The van der Waals surface area contributed by atoms with Crippen LogP contribution in [0.5, 0.6) is 0 Å². The highest BCUT2D eigenvalue weighted by Gasteiger charge is 2.24. The van der Waals surface area contributed by atoms with Crippen molar-refractivity contribution in [1.82, 2.24) is 0 Å². The molecule has 0 aliphatic carbocycles. The number of aromatic nitrogens is 1. The topological polar surface area (TPSA) is 28.3 Å². The average Bonchev–Trinajstić information content (AvgIpc) is 2.94. The van der Waals surface area contributed by atoms with Crippen molar-refractivity contribution in [2.45, 2.75) is 0 Å². The fourth-order valence-corrected chi connectivity index (χ4v) is 4.37. The number of nitrogens with one attached hydrogen (secondary N) is 1. The van der Waals surface area contributed by atoms with Gasteiger partial charge >= 0.3 is 0 Å². The molecule has 0 radical (unpaired) electrons. The van der Waals surface area contributed by atoms with Gasteiger partial charge in [-0.25, -0.2) is 4.99 Å². The molecule has 0 aliphatic heterocycles. The van der Waals surface area contributed by atoms with Crippen molar-refractivity contribution < 1.29 is 4.68 Å². The summed E-state index contributed by atoms with van der Waals surface area (Å²) in [5, 5.41) is 0.808. The Morgan fingerprint density at radius 1 is 0.571 bits per heavy atom. The van der Waals surface area contributed by atoms with Crippen molar-refractivity contribution in [3.8, 4) is 33.6 Å². The quantitative estimate of drug-likeness (QED) is 0.162. The molecule has 5 rings (SSSR count). The second-order valence-corrected chi connectivity index (χ2v) is 8.81. The SMILES string of the molecule is CSC(=Nc1ccccc1)N[n+]1c(-c2ccccc2)cc(-c2ccccc2)cc1-c1ccccc1. The first kappa shape index (κ1) is 22.6. The van der Waals surface area contributed by atoms with Crippen molar-refractivity contribution in [3.05, 3.63) is 133 Å². The molecule has 5 aromatic rings. The molecule has 3 nitrogen and oxygen atoms in total. The Morgan fingerprint density at radius 3 is 1.46 bits per heavy atom. The van der Waals surface area contributed by atoms with Crippen LogP contribution in [0.4, 0.5) is 5.69 Å². The summed E-state index contributed by atoms with van der Waals surface area (Å²) in [5.74, 6) is 0. The van der Waals surface area contributed by atoms with E-state index in [-0.39, 0.29) is 0 Å². The van der Waals surface area contributed by atoms with E-state index in [2.05, 4.69) is 101 Å². The monoisotopic (exact) mass is 472 g/mol. The molecule has 4 aromatic carbocycles. The maximum absolute atomic E-state index is 4.87. The number of aliphatic imine (C=N–C) groups is 1. The molecule has 0 amide bonds. The Balaban J connectivity index is 1.74. The van der Waals surface area contributed by atoms with Crippen LogP contribution < -0.4 is 10.1 Å². The molecule has 1 aromatic heterocycles. The number of amidine groups is 1. The Bertz CT molecular complexity index is 1360. The van der Waals surface area contributed by atoms with Gasteiger partial charge in [0.1, 0.15) is 0 Å². The Morgan fingerprint density at radius 2 is 1.00 bits per heavy atom. The first-order valence-corrected chi connectivity index (χ1v) is 12.8. The first-order valence-electron chi connectivity index (χ1n) is 11.5. The van der Waals surface area contributed by atoms with Gasteiger partial charge in [0, 0.05) is 23.3 Å². The van der Waals surface area contributed by atoms with Crippen LogP contribution in [0.2, 0.25) is 0 Å². The van der Waals surface area contributed by atoms with E-state index in [0.717, 1.165) is 38.9 Å². The highest BCUT2D eigenvalue weighted by atomic mass is 32.2. The lowest BCUT2D eigenvalue weighted by molar-refractivity contribution is -0.616. The van der Waals surface area contributed by atoms with Crippen molar-refractivity contribution >= 4 is 22.6 Å². The van der Waals surface area contributed by atoms with Crippen LogP contribution in [0.1, 0.15) is 0 Å². The fourth-order valence-electron chi connectivity index (χ4n) is 3.99. The maximum atomic E-state index is 4.87. The molecular formula is C31H26N3S+. The summed E-state index contributed by atoms with van der Waals surface area (Å²) in [4.78, 5) is 4.87. The summed E-state index contributed by atoms with van der Waals surface area (Å²) < 4.78 is 2.15.